The van der Waals surface area contributed by atoms with Gasteiger partial charge < -0.3 is 9.47 Å². The van der Waals surface area contributed by atoms with Gasteiger partial charge in [-0.25, -0.2) is 0 Å². The standard InChI is InChI=1S/C34H36O2/c1-2-4-6-8-27-36-34-24-20-30(21-25-34)13-10-15-32-17-11-16-31(28-32)14-9-12-29-18-22-33(23-19-29)35-26-7-5-3-1/h11,16-25,28H,5-10,12-15,26-27H2. The van der Waals surface area contributed by atoms with E-state index in [0.717, 1.165) is 75.7 Å². The molecule has 7 rings (SSSR count). The molecule has 2 heteroatoms. The van der Waals surface area contributed by atoms with Crippen molar-refractivity contribution in [2.75, 3.05) is 13.2 Å². The maximum atomic E-state index is 5.87. The van der Waals surface area contributed by atoms with Crippen LogP contribution >= 0.6 is 0 Å². The second-order valence-corrected chi connectivity index (χ2v) is 9.32. The molecule has 4 heterocycles. The van der Waals surface area contributed by atoms with E-state index in [1.807, 2.05) is 0 Å². The van der Waals surface area contributed by atoms with Crippen LogP contribution in [0.4, 0.5) is 0 Å². The first-order valence-corrected chi connectivity index (χ1v) is 13.3. The summed E-state index contributed by atoms with van der Waals surface area (Å²) in [5.41, 5.74) is 5.60. The van der Waals surface area contributed by atoms with Gasteiger partial charge in [0.2, 0.25) is 0 Å². The molecule has 2 nitrogen and oxygen atoms in total. The van der Waals surface area contributed by atoms with Crippen molar-refractivity contribution >= 4 is 0 Å². The van der Waals surface area contributed by atoms with Gasteiger partial charge in [0.15, 0.2) is 0 Å². The summed E-state index contributed by atoms with van der Waals surface area (Å²) in [5, 5.41) is 0. The van der Waals surface area contributed by atoms with Crippen molar-refractivity contribution in [2.24, 2.45) is 0 Å². The molecule has 4 aliphatic heterocycles. The third-order valence-electron chi connectivity index (χ3n) is 6.37. The first kappa shape index (κ1) is 25.5. The Morgan fingerprint density at radius 2 is 0.917 bits per heavy atom. The van der Waals surface area contributed by atoms with E-state index >= 15 is 0 Å². The summed E-state index contributed by atoms with van der Waals surface area (Å²) in [7, 11) is 0. The predicted octanol–water partition coefficient (Wildman–Crippen LogP) is 7.38. The fraction of sp³-hybridized carbons (Fsp3) is 0.353. The molecule has 4 aliphatic rings. The van der Waals surface area contributed by atoms with Crippen LogP contribution in [-0.4, -0.2) is 13.2 Å². The van der Waals surface area contributed by atoms with Gasteiger partial charge >= 0.3 is 0 Å². The lowest BCUT2D eigenvalue weighted by atomic mass is 9.99. The molecule has 0 atom stereocenters. The normalized spacial score (nSPS) is 15.4. The van der Waals surface area contributed by atoms with Crippen LogP contribution in [0.2, 0.25) is 0 Å². The summed E-state index contributed by atoms with van der Waals surface area (Å²) < 4.78 is 11.7. The summed E-state index contributed by atoms with van der Waals surface area (Å²) in [6, 6.07) is 26.2. The largest absolute Gasteiger partial charge is 0.494 e. The first-order chi connectivity index (χ1) is 17.8. The van der Waals surface area contributed by atoms with E-state index in [1.54, 1.807) is 0 Å². The second kappa shape index (κ2) is 14.7. The number of hydrogen-bond acceptors (Lipinski definition) is 2. The molecular weight excluding hydrogens is 440 g/mol. The van der Waals surface area contributed by atoms with Gasteiger partial charge in [0.1, 0.15) is 11.5 Å². The van der Waals surface area contributed by atoms with Gasteiger partial charge in [-0.3, -0.25) is 0 Å². The van der Waals surface area contributed by atoms with Gasteiger partial charge in [0.05, 0.1) is 13.2 Å². The van der Waals surface area contributed by atoms with Crippen LogP contribution < -0.4 is 9.47 Å². The molecule has 0 N–H and O–H groups in total. The van der Waals surface area contributed by atoms with E-state index in [-0.39, 0.29) is 0 Å². The summed E-state index contributed by atoms with van der Waals surface area (Å²) in [5.74, 6) is 14.0. The van der Waals surface area contributed by atoms with Crippen LogP contribution in [0.25, 0.3) is 0 Å². The van der Waals surface area contributed by atoms with E-state index < -0.39 is 0 Å². The Hall–Kier alpha value is -3.62. The molecule has 0 radical (unpaired) electrons. The van der Waals surface area contributed by atoms with E-state index in [2.05, 4.69) is 96.5 Å². The summed E-state index contributed by atoms with van der Waals surface area (Å²) in [6.45, 7) is 1.35. The minimum atomic E-state index is 0.677. The van der Waals surface area contributed by atoms with Crippen LogP contribution in [0.5, 0.6) is 11.5 Å². The number of ether oxygens (including phenoxy) is 2. The number of hydrogen-bond donors (Lipinski definition) is 0. The molecule has 184 valence electrons. The highest BCUT2D eigenvalue weighted by molar-refractivity contribution is 5.30. The lowest BCUT2D eigenvalue weighted by molar-refractivity contribution is 0.312. The molecule has 3 aromatic carbocycles. The molecule has 3 aromatic rings. The average Bonchev–Trinajstić information content (AvgIpc) is 2.91. The van der Waals surface area contributed by atoms with E-state index in [1.165, 1.54) is 22.3 Å². The summed E-state index contributed by atoms with van der Waals surface area (Å²) >= 11 is 0. The fourth-order valence-corrected chi connectivity index (χ4v) is 4.35. The number of rotatable bonds is 0. The molecule has 0 spiro atoms. The Balaban J connectivity index is 1.34. The van der Waals surface area contributed by atoms with Gasteiger partial charge in [-0.1, -0.05) is 60.4 Å². The van der Waals surface area contributed by atoms with Gasteiger partial charge in [-0.05, 0) is 110 Å². The highest BCUT2D eigenvalue weighted by atomic mass is 16.5. The molecule has 0 aromatic heterocycles. The van der Waals surface area contributed by atoms with Gasteiger partial charge in [-0.15, -0.1) is 0 Å². The summed E-state index contributed by atoms with van der Waals surface area (Å²) in [4.78, 5) is 0. The van der Waals surface area contributed by atoms with Gasteiger partial charge in [-0.2, -0.15) is 0 Å². The highest BCUT2D eigenvalue weighted by Gasteiger charge is 2.02. The third-order valence-corrected chi connectivity index (χ3v) is 6.37. The summed E-state index contributed by atoms with van der Waals surface area (Å²) in [6.07, 6.45) is 10.1. The van der Waals surface area contributed by atoms with E-state index in [0.29, 0.717) is 13.2 Å². The van der Waals surface area contributed by atoms with Crippen LogP contribution in [0, 0.1) is 23.7 Å². The maximum Gasteiger partial charge on any atom is 0.119 e. The first-order valence-electron chi connectivity index (χ1n) is 13.3. The number of aryl methyl sites for hydroxylation is 4. The SMILES string of the molecule is C1#CCCCOc2ccc(cc2)CCCc2cccc(c2)CCCc2ccc(cc2)OCCCC#C1. The van der Waals surface area contributed by atoms with Crippen LogP contribution in [0.15, 0.2) is 72.8 Å². The molecule has 0 aliphatic carbocycles. The Morgan fingerprint density at radius 1 is 0.472 bits per heavy atom. The van der Waals surface area contributed by atoms with E-state index in [9.17, 15) is 0 Å². The lowest BCUT2D eigenvalue weighted by Crippen LogP contribution is -1.97. The van der Waals surface area contributed by atoms with Crippen LogP contribution in [-0.2, 0) is 25.7 Å². The average molecular weight is 477 g/mol. The van der Waals surface area contributed by atoms with Crippen molar-refractivity contribution in [1.29, 1.82) is 0 Å². The molecule has 6 bridgehead atoms. The van der Waals surface area contributed by atoms with Crippen molar-refractivity contribution in [1.82, 2.24) is 0 Å². The molecule has 36 heavy (non-hydrogen) atoms. The van der Waals surface area contributed by atoms with Crippen molar-refractivity contribution in [3.05, 3.63) is 95.1 Å². The second-order valence-electron chi connectivity index (χ2n) is 9.32. The number of benzene rings is 3. The topological polar surface area (TPSA) is 18.5 Å². The quantitative estimate of drug-likeness (QED) is 0.315. The van der Waals surface area contributed by atoms with Gasteiger partial charge in [0, 0.05) is 12.8 Å². The lowest BCUT2D eigenvalue weighted by Gasteiger charge is -2.08. The fourth-order valence-electron chi connectivity index (χ4n) is 4.35. The third kappa shape index (κ3) is 9.20. The van der Waals surface area contributed by atoms with Gasteiger partial charge in [0.25, 0.3) is 0 Å². The Morgan fingerprint density at radius 3 is 1.39 bits per heavy atom. The van der Waals surface area contributed by atoms with Crippen LogP contribution in [0.3, 0.4) is 0 Å². The molecule has 0 fully saturated rings. The minimum Gasteiger partial charge on any atom is -0.494 e. The van der Waals surface area contributed by atoms with Crippen LogP contribution in [0.1, 0.15) is 60.8 Å². The predicted molar refractivity (Wildman–Crippen MR) is 148 cm³/mol. The Bertz CT molecular complexity index is 1090. The minimum absolute atomic E-state index is 0.677. The monoisotopic (exact) mass is 476 g/mol. The maximum absolute atomic E-state index is 5.87. The molecule has 0 saturated heterocycles. The van der Waals surface area contributed by atoms with Crippen molar-refractivity contribution in [3.63, 3.8) is 0 Å². The van der Waals surface area contributed by atoms with E-state index in [4.69, 9.17) is 9.47 Å². The molecular formula is C34H36O2. The van der Waals surface area contributed by atoms with Crippen molar-refractivity contribution in [2.45, 2.75) is 64.2 Å². The Kier molecular flexibility index (Phi) is 10.4. The zero-order valence-electron chi connectivity index (χ0n) is 21.2. The Labute approximate surface area is 217 Å². The highest BCUT2D eigenvalue weighted by Crippen LogP contribution is 2.18. The zero-order valence-corrected chi connectivity index (χ0v) is 21.2. The smallest absolute Gasteiger partial charge is 0.119 e. The van der Waals surface area contributed by atoms with Crippen molar-refractivity contribution in [3.8, 4) is 35.2 Å². The molecule has 0 amide bonds. The molecule has 0 saturated carbocycles. The van der Waals surface area contributed by atoms with Crippen molar-refractivity contribution < 1.29 is 9.47 Å². The molecule has 0 unspecified atom stereocenters. The zero-order chi connectivity index (χ0) is 24.7.